The van der Waals surface area contributed by atoms with Crippen LogP contribution in [0.4, 0.5) is 4.39 Å². The smallest absolute Gasteiger partial charge is 0.126 e. The van der Waals surface area contributed by atoms with Gasteiger partial charge in [0.05, 0.1) is 11.7 Å². The van der Waals surface area contributed by atoms with E-state index in [4.69, 9.17) is 4.98 Å². The topological polar surface area (TPSA) is 24.9 Å². The Morgan fingerprint density at radius 3 is 2.95 bits per heavy atom. The summed E-state index contributed by atoms with van der Waals surface area (Å²) in [7, 11) is 0. The van der Waals surface area contributed by atoms with Crippen LogP contribution in [0.25, 0.3) is 0 Å². The molecule has 3 rings (SSSR count). The first kappa shape index (κ1) is 13.7. The van der Waals surface area contributed by atoms with E-state index in [1.807, 2.05) is 12.1 Å². The Bertz CT molecular complexity index is 599. The van der Waals surface area contributed by atoms with E-state index in [1.165, 1.54) is 17.0 Å². The molecule has 0 amide bonds. The van der Waals surface area contributed by atoms with Crippen molar-refractivity contribution in [2.24, 2.45) is 0 Å². The quantitative estimate of drug-likeness (QED) is 0.927. The molecule has 1 heterocycles. The molecular formula is C16H19FN2S. The third-order valence-electron chi connectivity index (χ3n) is 3.80. The van der Waals surface area contributed by atoms with Gasteiger partial charge in [0.1, 0.15) is 10.8 Å². The van der Waals surface area contributed by atoms with Crippen LogP contribution in [0.2, 0.25) is 0 Å². The van der Waals surface area contributed by atoms with Gasteiger partial charge < -0.3 is 5.32 Å². The fourth-order valence-electron chi connectivity index (χ4n) is 2.67. The predicted molar refractivity (Wildman–Crippen MR) is 80.8 cm³/mol. The van der Waals surface area contributed by atoms with Crippen LogP contribution in [0, 0.1) is 12.7 Å². The Kier molecular flexibility index (Phi) is 3.85. The Morgan fingerprint density at radius 2 is 2.25 bits per heavy atom. The minimum Gasteiger partial charge on any atom is -0.305 e. The molecule has 0 spiro atoms. The summed E-state index contributed by atoms with van der Waals surface area (Å²) in [5.41, 5.74) is 2.90. The lowest BCUT2D eigenvalue weighted by Gasteiger charge is -2.16. The van der Waals surface area contributed by atoms with Gasteiger partial charge in [0, 0.05) is 4.88 Å². The molecular weight excluding hydrogens is 271 g/mol. The fourth-order valence-corrected chi connectivity index (χ4v) is 3.93. The van der Waals surface area contributed by atoms with Gasteiger partial charge in [0.15, 0.2) is 0 Å². The van der Waals surface area contributed by atoms with Gasteiger partial charge in [-0.05, 0) is 49.9 Å². The Hall–Kier alpha value is -1.26. The number of hydrogen-bond donors (Lipinski definition) is 1. The van der Waals surface area contributed by atoms with Crippen LogP contribution >= 0.6 is 11.3 Å². The van der Waals surface area contributed by atoms with Gasteiger partial charge in [-0.2, -0.15) is 0 Å². The van der Waals surface area contributed by atoms with E-state index in [9.17, 15) is 4.39 Å². The zero-order valence-electron chi connectivity index (χ0n) is 11.9. The lowest BCUT2D eigenvalue weighted by Crippen LogP contribution is -2.22. The van der Waals surface area contributed by atoms with E-state index >= 15 is 0 Å². The zero-order valence-corrected chi connectivity index (χ0v) is 12.7. The summed E-state index contributed by atoms with van der Waals surface area (Å²) in [4.78, 5) is 6.18. The van der Waals surface area contributed by atoms with Crippen molar-refractivity contribution in [2.75, 3.05) is 6.54 Å². The van der Waals surface area contributed by atoms with Gasteiger partial charge in [0.25, 0.3) is 0 Å². The third kappa shape index (κ3) is 2.50. The summed E-state index contributed by atoms with van der Waals surface area (Å²) in [5, 5.41) is 4.50. The van der Waals surface area contributed by atoms with Crippen molar-refractivity contribution in [3.05, 3.63) is 50.7 Å². The first-order valence-corrected chi connectivity index (χ1v) is 7.98. The van der Waals surface area contributed by atoms with Crippen LogP contribution in [-0.4, -0.2) is 11.5 Å². The number of hydrogen-bond acceptors (Lipinski definition) is 3. The average Bonchev–Trinajstić information content (AvgIpc) is 3.00. The number of halogens is 1. The number of nitrogens with one attached hydrogen (secondary N) is 1. The van der Waals surface area contributed by atoms with E-state index < -0.39 is 0 Å². The third-order valence-corrected chi connectivity index (χ3v) is 5.02. The number of rotatable bonds is 4. The number of aryl methyl sites for hydroxylation is 3. The molecule has 20 heavy (non-hydrogen) atoms. The van der Waals surface area contributed by atoms with E-state index in [1.54, 1.807) is 24.3 Å². The number of benzene rings is 1. The van der Waals surface area contributed by atoms with Crippen LogP contribution in [-0.2, 0) is 12.8 Å². The summed E-state index contributed by atoms with van der Waals surface area (Å²) in [6.07, 6.45) is 3.46. The molecule has 0 bridgehead atoms. The van der Waals surface area contributed by atoms with Crippen LogP contribution in [0.1, 0.15) is 46.1 Å². The molecule has 1 aromatic heterocycles. The Balaban J connectivity index is 1.96. The van der Waals surface area contributed by atoms with Crippen molar-refractivity contribution in [2.45, 2.75) is 39.2 Å². The SMILES string of the molecule is CCNC(c1ccc(C)c(F)c1)c1nc2c(s1)CCC2. The minimum absolute atomic E-state index is 0.00528. The number of aromatic nitrogens is 1. The molecule has 0 saturated heterocycles. The molecule has 2 aromatic rings. The summed E-state index contributed by atoms with van der Waals surface area (Å²) < 4.78 is 13.8. The van der Waals surface area contributed by atoms with E-state index in [-0.39, 0.29) is 11.9 Å². The van der Waals surface area contributed by atoms with Crippen molar-refractivity contribution in [1.29, 1.82) is 0 Å². The van der Waals surface area contributed by atoms with E-state index in [0.717, 1.165) is 30.0 Å². The monoisotopic (exact) mass is 290 g/mol. The van der Waals surface area contributed by atoms with Gasteiger partial charge in [0.2, 0.25) is 0 Å². The molecule has 0 saturated carbocycles. The first-order chi connectivity index (χ1) is 9.69. The highest BCUT2D eigenvalue weighted by Gasteiger charge is 2.23. The molecule has 1 aliphatic carbocycles. The Morgan fingerprint density at radius 1 is 1.40 bits per heavy atom. The van der Waals surface area contributed by atoms with Crippen LogP contribution in [0.5, 0.6) is 0 Å². The molecule has 1 N–H and O–H groups in total. The second kappa shape index (κ2) is 5.62. The molecule has 106 valence electrons. The summed E-state index contributed by atoms with van der Waals surface area (Å²) >= 11 is 1.78. The van der Waals surface area contributed by atoms with Crippen LogP contribution in [0.15, 0.2) is 18.2 Å². The number of fused-ring (bicyclic) bond motifs is 1. The summed E-state index contributed by atoms with van der Waals surface area (Å²) in [6, 6.07) is 5.48. The van der Waals surface area contributed by atoms with Gasteiger partial charge in [-0.1, -0.05) is 19.1 Å². The largest absolute Gasteiger partial charge is 0.305 e. The van der Waals surface area contributed by atoms with Crippen molar-refractivity contribution >= 4 is 11.3 Å². The van der Waals surface area contributed by atoms with Crippen molar-refractivity contribution in [3.63, 3.8) is 0 Å². The van der Waals surface area contributed by atoms with Gasteiger partial charge in [-0.3, -0.25) is 0 Å². The molecule has 0 fully saturated rings. The normalized spacial score (nSPS) is 15.3. The van der Waals surface area contributed by atoms with Crippen molar-refractivity contribution in [1.82, 2.24) is 10.3 Å². The molecule has 1 atom stereocenters. The van der Waals surface area contributed by atoms with Gasteiger partial charge in [-0.15, -0.1) is 11.3 Å². The average molecular weight is 290 g/mol. The minimum atomic E-state index is -0.144. The van der Waals surface area contributed by atoms with Gasteiger partial charge in [-0.25, -0.2) is 9.37 Å². The van der Waals surface area contributed by atoms with E-state index in [2.05, 4.69) is 12.2 Å². The maximum absolute atomic E-state index is 13.8. The zero-order chi connectivity index (χ0) is 14.1. The molecule has 4 heteroatoms. The highest BCUT2D eigenvalue weighted by atomic mass is 32.1. The first-order valence-electron chi connectivity index (χ1n) is 7.17. The predicted octanol–water partition coefficient (Wildman–Crippen LogP) is 3.78. The molecule has 0 radical (unpaired) electrons. The second-order valence-corrected chi connectivity index (χ2v) is 6.39. The standard InChI is InChI=1S/C16H19FN2S/c1-3-18-15(11-8-7-10(2)12(17)9-11)16-19-13-5-4-6-14(13)20-16/h7-9,15,18H,3-6H2,1-2H3. The molecule has 1 aliphatic rings. The maximum Gasteiger partial charge on any atom is 0.126 e. The van der Waals surface area contributed by atoms with Crippen LogP contribution in [0.3, 0.4) is 0 Å². The molecule has 0 aliphatic heterocycles. The lowest BCUT2D eigenvalue weighted by atomic mass is 10.0. The van der Waals surface area contributed by atoms with Crippen molar-refractivity contribution < 1.29 is 4.39 Å². The fraction of sp³-hybridized carbons (Fsp3) is 0.438. The highest BCUT2D eigenvalue weighted by Crippen LogP contribution is 2.33. The summed E-state index contributed by atoms with van der Waals surface area (Å²) in [6.45, 7) is 4.70. The van der Waals surface area contributed by atoms with Gasteiger partial charge >= 0.3 is 0 Å². The van der Waals surface area contributed by atoms with Crippen LogP contribution < -0.4 is 5.32 Å². The summed E-state index contributed by atoms with van der Waals surface area (Å²) in [5.74, 6) is -0.144. The maximum atomic E-state index is 13.8. The molecule has 1 unspecified atom stereocenters. The number of thiazole rings is 1. The lowest BCUT2D eigenvalue weighted by molar-refractivity contribution is 0.595. The Labute approximate surface area is 123 Å². The molecule has 2 nitrogen and oxygen atoms in total. The van der Waals surface area contributed by atoms with Crippen molar-refractivity contribution in [3.8, 4) is 0 Å². The van der Waals surface area contributed by atoms with E-state index in [0.29, 0.717) is 5.56 Å². The molecule has 1 aromatic carbocycles. The second-order valence-electron chi connectivity index (χ2n) is 5.27. The number of nitrogens with zero attached hydrogens (tertiary/aromatic N) is 1. The highest BCUT2D eigenvalue weighted by molar-refractivity contribution is 7.11.